The Bertz CT molecular complexity index is 688. The van der Waals surface area contributed by atoms with E-state index in [1.165, 1.54) is 12.1 Å². The van der Waals surface area contributed by atoms with Crippen LogP contribution in [-0.2, 0) is 11.3 Å². The predicted molar refractivity (Wildman–Crippen MR) is 88.2 cm³/mol. The minimum atomic E-state index is -0.499. The van der Waals surface area contributed by atoms with Gasteiger partial charge in [0.25, 0.3) is 11.6 Å². The molecule has 0 radical (unpaired) electrons. The molecule has 6 nitrogen and oxygen atoms in total. The van der Waals surface area contributed by atoms with Crippen molar-refractivity contribution in [1.29, 1.82) is 0 Å². The van der Waals surface area contributed by atoms with Crippen LogP contribution in [0.4, 0.5) is 11.4 Å². The molecule has 23 heavy (non-hydrogen) atoms. The number of nitro groups is 1. The van der Waals surface area contributed by atoms with Gasteiger partial charge in [-0.05, 0) is 13.0 Å². The number of hydrogen-bond donors (Lipinski definition) is 2. The standard InChI is InChI=1S/C17H19N3O3/c1-13(19(2)12-14-8-4-3-5-9-14)17(21)18-15-10-6-7-11-16(15)20(22)23/h3-11,13H,12H2,1-2H3,(H,18,21)/p+1/t13-/m0/s1. The van der Waals surface area contributed by atoms with Crippen LogP contribution < -0.4 is 10.2 Å². The molecular weight excluding hydrogens is 294 g/mol. The fourth-order valence-corrected chi connectivity index (χ4v) is 2.27. The average molecular weight is 314 g/mol. The van der Waals surface area contributed by atoms with Gasteiger partial charge >= 0.3 is 0 Å². The molecule has 0 aromatic heterocycles. The molecule has 6 heteroatoms. The van der Waals surface area contributed by atoms with E-state index in [9.17, 15) is 14.9 Å². The van der Waals surface area contributed by atoms with E-state index >= 15 is 0 Å². The van der Waals surface area contributed by atoms with E-state index in [-0.39, 0.29) is 23.3 Å². The molecule has 2 atom stereocenters. The van der Waals surface area contributed by atoms with Gasteiger partial charge in [0, 0.05) is 11.6 Å². The number of benzene rings is 2. The Morgan fingerprint density at radius 2 is 1.78 bits per heavy atom. The highest BCUT2D eigenvalue weighted by Gasteiger charge is 2.24. The molecule has 2 aromatic carbocycles. The third kappa shape index (κ3) is 4.37. The summed E-state index contributed by atoms with van der Waals surface area (Å²) in [5.41, 5.74) is 1.26. The third-order valence-corrected chi connectivity index (χ3v) is 3.82. The van der Waals surface area contributed by atoms with E-state index < -0.39 is 4.92 Å². The maximum absolute atomic E-state index is 12.4. The molecule has 1 unspecified atom stereocenters. The van der Waals surface area contributed by atoms with Crippen LogP contribution in [0.15, 0.2) is 54.6 Å². The van der Waals surface area contributed by atoms with Crippen LogP contribution in [0.1, 0.15) is 12.5 Å². The predicted octanol–water partition coefficient (Wildman–Crippen LogP) is 1.64. The largest absolute Gasteiger partial charge is 0.324 e. The van der Waals surface area contributed by atoms with E-state index in [0.717, 1.165) is 10.5 Å². The number of nitro benzene ring substituents is 1. The van der Waals surface area contributed by atoms with Crippen LogP contribution in [0.5, 0.6) is 0 Å². The molecule has 0 bridgehead atoms. The normalized spacial score (nSPS) is 13.1. The molecular formula is C17H20N3O3+. The van der Waals surface area contributed by atoms with Gasteiger partial charge in [-0.1, -0.05) is 42.5 Å². The minimum Gasteiger partial charge on any atom is -0.324 e. The van der Waals surface area contributed by atoms with Crippen LogP contribution in [0.2, 0.25) is 0 Å². The summed E-state index contributed by atoms with van der Waals surface area (Å²) in [5, 5.41) is 13.7. The SMILES string of the molecule is C[C@@H](C(=O)Nc1ccccc1[N+](=O)[O-])[NH+](C)Cc1ccccc1. The molecule has 0 aliphatic carbocycles. The second kappa shape index (κ2) is 7.51. The molecule has 2 N–H and O–H groups in total. The van der Waals surface area contributed by atoms with Crippen molar-refractivity contribution in [2.24, 2.45) is 0 Å². The maximum atomic E-state index is 12.4. The van der Waals surface area contributed by atoms with Crippen LogP contribution >= 0.6 is 0 Å². The molecule has 2 aromatic rings. The third-order valence-electron chi connectivity index (χ3n) is 3.82. The molecule has 0 aliphatic heterocycles. The number of quaternary nitrogens is 1. The fourth-order valence-electron chi connectivity index (χ4n) is 2.27. The van der Waals surface area contributed by atoms with Gasteiger partial charge in [-0.15, -0.1) is 0 Å². The number of rotatable bonds is 6. The van der Waals surface area contributed by atoms with Crippen molar-refractivity contribution in [1.82, 2.24) is 0 Å². The number of carbonyl (C=O) groups is 1. The highest BCUT2D eigenvalue weighted by Crippen LogP contribution is 2.23. The first-order chi connectivity index (χ1) is 11.0. The van der Waals surface area contributed by atoms with Gasteiger partial charge in [0.15, 0.2) is 6.04 Å². The molecule has 2 rings (SSSR count). The Labute approximate surface area is 134 Å². The van der Waals surface area contributed by atoms with Gasteiger partial charge < -0.3 is 10.2 Å². The summed E-state index contributed by atoms with van der Waals surface area (Å²) in [6, 6.07) is 15.7. The van der Waals surface area contributed by atoms with Crippen LogP contribution in [-0.4, -0.2) is 23.9 Å². The van der Waals surface area contributed by atoms with E-state index in [1.54, 1.807) is 12.1 Å². The van der Waals surface area contributed by atoms with Crippen LogP contribution in [0.25, 0.3) is 0 Å². The molecule has 0 saturated heterocycles. The maximum Gasteiger partial charge on any atom is 0.292 e. The zero-order chi connectivity index (χ0) is 16.8. The number of likely N-dealkylation sites (N-methyl/N-ethyl adjacent to an activating group) is 1. The van der Waals surface area contributed by atoms with Crippen molar-refractivity contribution in [2.75, 3.05) is 12.4 Å². The van der Waals surface area contributed by atoms with E-state index in [0.29, 0.717) is 6.54 Å². The van der Waals surface area contributed by atoms with E-state index in [2.05, 4.69) is 5.32 Å². The molecule has 0 spiro atoms. The quantitative estimate of drug-likeness (QED) is 0.628. The molecule has 0 saturated carbocycles. The zero-order valence-corrected chi connectivity index (χ0v) is 13.2. The van der Waals surface area contributed by atoms with Gasteiger partial charge in [-0.3, -0.25) is 14.9 Å². The van der Waals surface area contributed by atoms with Gasteiger partial charge in [0.2, 0.25) is 0 Å². The smallest absolute Gasteiger partial charge is 0.292 e. The average Bonchev–Trinajstić information content (AvgIpc) is 2.55. The Morgan fingerprint density at radius 1 is 1.17 bits per heavy atom. The van der Waals surface area contributed by atoms with E-state index in [1.807, 2.05) is 44.3 Å². The van der Waals surface area contributed by atoms with Crippen molar-refractivity contribution < 1.29 is 14.6 Å². The van der Waals surface area contributed by atoms with Crippen LogP contribution in [0.3, 0.4) is 0 Å². The molecule has 0 aliphatic rings. The molecule has 1 amide bonds. The highest BCUT2D eigenvalue weighted by atomic mass is 16.6. The Morgan fingerprint density at radius 3 is 2.43 bits per heavy atom. The Balaban J connectivity index is 2.04. The summed E-state index contributed by atoms with van der Waals surface area (Å²) in [7, 11) is 1.93. The number of nitrogens with one attached hydrogen (secondary N) is 2. The number of nitrogens with zero attached hydrogens (tertiary/aromatic N) is 1. The molecule has 0 heterocycles. The fraction of sp³-hybridized carbons (Fsp3) is 0.235. The monoisotopic (exact) mass is 314 g/mol. The lowest BCUT2D eigenvalue weighted by Gasteiger charge is -2.21. The Kier molecular flexibility index (Phi) is 5.43. The summed E-state index contributed by atoms with van der Waals surface area (Å²) < 4.78 is 0. The topological polar surface area (TPSA) is 76.7 Å². The van der Waals surface area contributed by atoms with Gasteiger partial charge in [0.1, 0.15) is 12.2 Å². The van der Waals surface area contributed by atoms with Crippen LogP contribution in [0, 0.1) is 10.1 Å². The summed E-state index contributed by atoms with van der Waals surface area (Å²) in [6.45, 7) is 2.51. The first-order valence-electron chi connectivity index (χ1n) is 7.39. The van der Waals surface area contributed by atoms with Crippen molar-refractivity contribution in [3.63, 3.8) is 0 Å². The summed E-state index contributed by atoms with van der Waals surface area (Å²) >= 11 is 0. The summed E-state index contributed by atoms with van der Waals surface area (Å²) in [4.78, 5) is 23.9. The van der Waals surface area contributed by atoms with Gasteiger partial charge in [0.05, 0.1) is 12.0 Å². The number of para-hydroxylation sites is 2. The number of hydrogen-bond acceptors (Lipinski definition) is 3. The van der Waals surface area contributed by atoms with Crippen molar-refractivity contribution in [3.05, 3.63) is 70.3 Å². The minimum absolute atomic E-state index is 0.103. The Hall–Kier alpha value is -2.73. The highest BCUT2D eigenvalue weighted by molar-refractivity contribution is 5.95. The molecule has 0 fully saturated rings. The van der Waals surface area contributed by atoms with Gasteiger partial charge in [-0.2, -0.15) is 0 Å². The van der Waals surface area contributed by atoms with E-state index in [4.69, 9.17) is 0 Å². The second-order valence-electron chi connectivity index (χ2n) is 5.49. The molecule has 120 valence electrons. The lowest BCUT2D eigenvalue weighted by Crippen LogP contribution is -3.12. The first kappa shape index (κ1) is 16.6. The van der Waals surface area contributed by atoms with Gasteiger partial charge in [-0.25, -0.2) is 0 Å². The summed E-state index contributed by atoms with van der Waals surface area (Å²) in [6.07, 6.45) is 0. The number of anilines is 1. The second-order valence-corrected chi connectivity index (χ2v) is 5.49. The van der Waals surface area contributed by atoms with Crippen molar-refractivity contribution in [2.45, 2.75) is 19.5 Å². The first-order valence-corrected chi connectivity index (χ1v) is 7.39. The number of carbonyl (C=O) groups excluding carboxylic acids is 1. The lowest BCUT2D eigenvalue weighted by atomic mass is 10.2. The van der Waals surface area contributed by atoms with Crippen molar-refractivity contribution in [3.8, 4) is 0 Å². The summed E-state index contributed by atoms with van der Waals surface area (Å²) in [5.74, 6) is -0.243. The number of amides is 1. The van der Waals surface area contributed by atoms with Crippen molar-refractivity contribution >= 4 is 17.3 Å². The lowest BCUT2D eigenvalue weighted by molar-refractivity contribution is -0.907. The zero-order valence-electron chi connectivity index (χ0n) is 13.2.